The molecule has 1 heterocycles. The Kier molecular flexibility index (Phi) is 5.61. The number of aliphatic hydroxyl groups is 2. The van der Waals surface area contributed by atoms with E-state index in [2.05, 4.69) is 10.3 Å². The van der Waals surface area contributed by atoms with Gasteiger partial charge >= 0.3 is 5.97 Å². The van der Waals surface area contributed by atoms with Gasteiger partial charge in [0.1, 0.15) is 12.0 Å². The number of carbonyl (C=O) groups is 1. The summed E-state index contributed by atoms with van der Waals surface area (Å²) in [5.74, 6) is -0.551. The van der Waals surface area contributed by atoms with Crippen molar-refractivity contribution in [2.24, 2.45) is 0 Å². The Morgan fingerprint density at radius 2 is 1.83 bits per heavy atom. The highest BCUT2D eigenvalue weighted by Crippen LogP contribution is 2.21. The standard InChI is InChI=1S/C15H17N3O5/c19-12(7-14(20)18-23)9-1-4-11(5-2-9)17-13-6-3-10(8-16-13)15(21)22/h1-6,8,12,14,18-20,23H,7H2,(H,16,17)(H,21,22). The van der Waals surface area contributed by atoms with Gasteiger partial charge in [-0.1, -0.05) is 12.1 Å². The normalized spacial score (nSPS) is 13.3. The molecule has 2 rings (SSSR count). The predicted octanol–water partition coefficient (Wildman–Crippen LogP) is 1.24. The zero-order valence-corrected chi connectivity index (χ0v) is 12.0. The van der Waals surface area contributed by atoms with Crippen LogP contribution in [0.1, 0.15) is 28.4 Å². The highest BCUT2D eigenvalue weighted by molar-refractivity contribution is 5.87. The van der Waals surface area contributed by atoms with Gasteiger partial charge in [0.15, 0.2) is 0 Å². The molecule has 0 amide bonds. The number of nitrogens with one attached hydrogen (secondary N) is 2. The first kappa shape index (κ1) is 16.8. The molecule has 122 valence electrons. The summed E-state index contributed by atoms with van der Waals surface area (Å²) in [5, 5.41) is 39.4. The SMILES string of the molecule is O=C(O)c1ccc(Nc2ccc(C(O)CC(O)NO)cc2)nc1. The van der Waals surface area contributed by atoms with Crippen LogP contribution >= 0.6 is 0 Å². The minimum atomic E-state index is -1.21. The van der Waals surface area contributed by atoms with Crippen LogP contribution < -0.4 is 10.8 Å². The average molecular weight is 319 g/mol. The molecule has 0 aliphatic heterocycles. The molecule has 1 aromatic carbocycles. The first-order valence-electron chi connectivity index (χ1n) is 6.81. The van der Waals surface area contributed by atoms with Crippen LogP contribution in [0.5, 0.6) is 0 Å². The van der Waals surface area contributed by atoms with Crippen LogP contribution in [-0.4, -0.2) is 37.7 Å². The third kappa shape index (κ3) is 4.73. The van der Waals surface area contributed by atoms with E-state index in [1.54, 1.807) is 35.8 Å². The van der Waals surface area contributed by atoms with Crippen molar-refractivity contribution in [1.82, 2.24) is 10.5 Å². The summed E-state index contributed by atoms with van der Waals surface area (Å²) in [6.07, 6.45) is -0.931. The lowest BCUT2D eigenvalue weighted by Crippen LogP contribution is -2.27. The van der Waals surface area contributed by atoms with Crippen molar-refractivity contribution >= 4 is 17.5 Å². The fourth-order valence-corrected chi connectivity index (χ4v) is 1.93. The van der Waals surface area contributed by atoms with Crippen molar-refractivity contribution in [3.8, 4) is 0 Å². The Morgan fingerprint density at radius 1 is 1.13 bits per heavy atom. The number of aliphatic hydroxyl groups excluding tert-OH is 2. The molecule has 0 saturated heterocycles. The molecule has 0 saturated carbocycles. The van der Waals surface area contributed by atoms with Gasteiger partial charge in [-0.15, -0.1) is 0 Å². The van der Waals surface area contributed by atoms with Crippen LogP contribution in [0.25, 0.3) is 0 Å². The van der Waals surface area contributed by atoms with E-state index >= 15 is 0 Å². The van der Waals surface area contributed by atoms with Crippen molar-refractivity contribution in [3.63, 3.8) is 0 Å². The maximum Gasteiger partial charge on any atom is 0.337 e. The Bertz CT molecular complexity index is 645. The number of hydrogen-bond acceptors (Lipinski definition) is 7. The number of aromatic nitrogens is 1. The number of aromatic carboxylic acids is 1. The number of carboxylic acid groups (broad SMARTS) is 1. The molecule has 2 aromatic rings. The van der Waals surface area contributed by atoms with Gasteiger partial charge in [0, 0.05) is 18.3 Å². The lowest BCUT2D eigenvalue weighted by molar-refractivity contribution is -0.0274. The van der Waals surface area contributed by atoms with Crippen LogP contribution in [0.3, 0.4) is 0 Å². The molecule has 2 atom stereocenters. The second-order valence-electron chi connectivity index (χ2n) is 4.88. The lowest BCUT2D eigenvalue weighted by Gasteiger charge is -2.15. The summed E-state index contributed by atoms with van der Waals surface area (Å²) in [4.78, 5) is 14.7. The third-order valence-electron chi connectivity index (χ3n) is 3.17. The molecule has 23 heavy (non-hydrogen) atoms. The number of hydroxylamine groups is 1. The summed E-state index contributed by atoms with van der Waals surface area (Å²) in [7, 11) is 0. The average Bonchev–Trinajstić information content (AvgIpc) is 2.55. The Labute approximate surface area is 132 Å². The van der Waals surface area contributed by atoms with Gasteiger partial charge < -0.3 is 25.8 Å². The number of pyridine rings is 1. The molecule has 8 nitrogen and oxygen atoms in total. The number of anilines is 2. The van der Waals surface area contributed by atoms with Gasteiger partial charge in [-0.2, -0.15) is 5.48 Å². The molecule has 8 heteroatoms. The fraction of sp³-hybridized carbons (Fsp3) is 0.200. The highest BCUT2D eigenvalue weighted by atomic mass is 16.5. The summed E-state index contributed by atoms with van der Waals surface area (Å²) < 4.78 is 0. The van der Waals surface area contributed by atoms with Crippen LogP contribution in [-0.2, 0) is 0 Å². The topological polar surface area (TPSA) is 135 Å². The second kappa shape index (κ2) is 7.65. The van der Waals surface area contributed by atoms with Crippen molar-refractivity contribution in [1.29, 1.82) is 0 Å². The van der Waals surface area contributed by atoms with Gasteiger partial charge in [-0.05, 0) is 29.8 Å². The maximum absolute atomic E-state index is 10.7. The second-order valence-corrected chi connectivity index (χ2v) is 4.88. The van der Waals surface area contributed by atoms with Crippen LogP contribution in [0, 0.1) is 0 Å². The summed E-state index contributed by atoms with van der Waals surface area (Å²) in [6.45, 7) is 0. The van der Waals surface area contributed by atoms with Gasteiger partial charge in [0.05, 0.1) is 11.7 Å². The summed E-state index contributed by atoms with van der Waals surface area (Å²) >= 11 is 0. The number of nitrogens with zero attached hydrogens (tertiary/aromatic N) is 1. The highest BCUT2D eigenvalue weighted by Gasteiger charge is 2.13. The molecular formula is C15H17N3O5. The lowest BCUT2D eigenvalue weighted by atomic mass is 10.1. The quantitative estimate of drug-likeness (QED) is 0.331. The summed E-state index contributed by atoms with van der Waals surface area (Å²) in [5.41, 5.74) is 3.05. The number of rotatable bonds is 7. The van der Waals surface area contributed by atoms with Crippen molar-refractivity contribution < 1.29 is 25.3 Å². The van der Waals surface area contributed by atoms with Crippen LogP contribution in [0.15, 0.2) is 42.6 Å². The third-order valence-corrected chi connectivity index (χ3v) is 3.17. The molecule has 0 radical (unpaired) electrons. The minimum Gasteiger partial charge on any atom is -0.478 e. The molecule has 0 bridgehead atoms. The molecule has 1 aromatic heterocycles. The molecule has 0 aliphatic carbocycles. The summed E-state index contributed by atoms with van der Waals surface area (Å²) in [6, 6.07) is 9.76. The van der Waals surface area contributed by atoms with Crippen LogP contribution in [0.4, 0.5) is 11.5 Å². The van der Waals surface area contributed by atoms with Crippen molar-refractivity contribution in [3.05, 3.63) is 53.7 Å². The number of hydrogen-bond donors (Lipinski definition) is 6. The molecule has 0 fully saturated rings. The molecule has 6 N–H and O–H groups in total. The fourth-order valence-electron chi connectivity index (χ4n) is 1.93. The Hall–Kier alpha value is -2.52. The Balaban J connectivity index is 2.00. The van der Waals surface area contributed by atoms with Gasteiger partial charge in [0.2, 0.25) is 0 Å². The van der Waals surface area contributed by atoms with E-state index < -0.39 is 18.3 Å². The van der Waals surface area contributed by atoms with Gasteiger partial charge in [-0.25, -0.2) is 9.78 Å². The van der Waals surface area contributed by atoms with Gasteiger partial charge in [0.25, 0.3) is 0 Å². The largest absolute Gasteiger partial charge is 0.478 e. The molecular weight excluding hydrogens is 302 g/mol. The predicted molar refractivity (Wildman–Crippen MR) is 81.4 cm³/mol. The zero-order chi connectivity index (χ0) is 16.8. The van der Waals surface area contributed by atoms with Gasteiger partial charge in [-0.3, -0.25) is 0 Å². The monoisotopic (exact) mass is 319 g/mol. The first-order chi connectivity index (χ1) is 11.0. The van der Waals surface area contributed by atoms with Crippen molar-refractivity contribution in [2.75, 3.05) is 5.32 Å². The molecule has 0 aliphatic rings. The van der Waals surface area contributed by atoms with E-state index in [0.717, 1.165) is 0 Å². The molecule has 0 spiro atoms. The van der Waals surface area contributed by atoms with Crippen LogP contribution in [0.2, 0.25) is 0 Å². The zero-order valence-electron chi connectivity index (χ0n) is 12.0. The van der Waals surface area contributed by atoms with Crippen molar-refractivity contribution in [2.45, 2.75) is 18.8 Å². The number of benzene rings is 1. The van der Waals surface area contributed by atoms with E-state index in [9.17, 15) is 15.0 Å². The number of carboxylic acids is 1. The van der Waals surface area contributed by atoms with E-state index in [4.69, 9.17) is 10.3 Å². The maximum atomic E-state index is 10.7. The van der Waals surface area contributed by atoms with E-state index in [1.807, 2.05) is 0 Å². The van der Waals surface area contributed by atoms with E-state index in [1.165, 1.54) is 12.3 Å². The first-order valence-corrected chi connectivity index (χ1v) is 6.81. The Morgan fingerprint density at radius 3 is 2.35 bits per heavy atom. The van der Waals surface area contributed by atoms with E-state index in [-0.39, 0.29) is 12.0 Å². The van der Waals surface area contributed by atoms with E-state index in [0.29, 0.717) is 17.1 Å². The minimum absolute atomic E-state index is 0.0541. The smallest absolute Gasteiger partial charge is 0.337 e. The molecule has 2 unspecified atom stereocenters.